The topological polar surface area (TPSA) is 51.0 Å². The van der Waals surface area contributed by atoms with Gasteiger partial charge in [-0.1, -0.05) is 13.8 Å². The largest absolute Gasteiger partial charge is 0.337 e. The van der Waals surface area contributed by atoms with E-state index in [1.807, 2.05) is 39.3 Å². The summed E-state index contributed by atoms with van der Waals surface area (Å²) in [6.45, 7) is 8.41. The Labute approximate surface area is 144 Å². The zero-order valence-corrected chi connectivity index (χ0v) is 15.6. The molecule has 24 heavy (non-hydrogen) atoms. The van der Waals surface area contributed by atoms with Gasteiger partial charge in [0.1, 0.15) is 5.69 Å². The maximum atomic E-state index is 12.8. The quantitative estimate of drug-likeness (QED) is 0.819. The number of nitrogens with zero attached hydrogens (tertiary/aromatic N) is 4. The van der Waals surface area contributed by atoms with E-state index in [1.54, 1.807) is 9.58 Å². The minimum Gasteiger partial charge on any atom is -0.337 e. The number of aromatic nitrogens is 3. The highest BCUT2D eigenvalue weighted by molar-refractivity contribution is 5.92. The van der Waals surface area contributed by atoms with E-state index < -0.39 is 0 Å². The SMILES string of the molecule is Cc1ccnc(C[C@H](C)N(C)C(=O)c2cc(CC(C)C)nn2C)c1. The fourth-order valence-corrected chi connectivity index (χ4v) is 2.78. The van der Waals surface area contributed by atoms with Crippen molar-refractivity contribution in [1.29, 1.82) is 0 Å². The van der Waals surface area contributed by atoms with Crippen LogP contribution in [0.5, 0.6) is 0 Å². The number of hydrogen-bond acceptors (Lipinski definition) is 3. The molecule has 0 N–H and O–H groups in total. The molecule has 0 fully saturated rings. The first-order valence-corrected chi connectivity index (χ1v) is 8.49. The molecule has 0 saturated carbocycles. The smallest absolute Gasteiger partial charge is 0.272 e. The minimum atomic E-state index is 0.000147. The van der Waals surface area contributed by atoms with Gasteiger partial charge >= 0.3 is 0 Å². The van der Waals surface area contributed by atoms with Crippen molar-refractivity contribution in [2.24, 2.45) is 13.0 Å². The highest BCUT2D eigenvalue weighted by Crippen LogP contribution is 2.14. The lowest BCUT2D eigenvalue weighted by Crippen LogP contribution is -2.37. The number of carbonyl (C=O) groups excluding carboxylic acids is 1. The van der Waals surface area contributed by atoms with Gasteiger partial charge in [0.05, 0.1) is 5.69 Å². The van der Waals surface area contributed by atoms with Gasteiger partial charge in [-0.15, -0.1) is 0 Å². The molecular weight excluding hydrogens is 300 g/mol. The third-order valence-corrected chi connectivity index (χ3v) is 4.23. The Balaban J connectivity index is 2.09. The summed E-state index contributed by atoms with van der Waals surface area (Å²) in [6.07, 6.45) is 3.44. The van der Waals surface area contributed by atoms with E-state index >= 15 is 0 Å². The van der Waals surface area contributed by atoms with Gasteiger partial charge < -0.3 is 4.90 Å². The zero-order chi connectivity index (χ0) is 17.9. The summed E-state index contributed by atoms with van der Waals surface area (Å²) < 4.78 is 1.69. The highest BCUT2D eigenvalue weighted by atomic mass is 16.2. The van der Waals surface area contributed by atoms with Crippen molar-refractivity contribution in [2.45, 2.75) is 46.6 Å². The van der Waals surface area contributed by atoms with Crippen LogP contribution in [-0.4, -0.2) is 38.7 Å². The van der Waals surface area contributed by atoms with E-state index in [0.29, 0.717) is 11.6 Å². The first-order valence-electron chi connectivity index (χ1n) is 8.49. The molecule has 0 bridgehead atoms. The van der Waals surface area contributed by atoms with Gasteiger partial charge in [0, 0.05) is 38.4 Å². The van der Waals surface area contributed by atoms with E-state index in [1.165, 1.54) is 5.56 Å². The lowest BCUT2D eigenvalue weighted by Gasteiger charge is -2.24. The second kappa shape index (κ2) is 7.60. The van der Waals surface area contributed by atoms with E-state index in [9.17, 15) is 4.79 Å². The minimum absolute atomic E-state index is 0.000147. The van der Waals surface area contributed by atoms with Crippen LogP contribution >= 0.6 is 0 Å². The molecule has 5 nitrogen and oxygen atoms in total. The molecule has 0 aromatic carbocycles. The summed E-state index contributed by atoms with van der Waals surface area (Å²) in [4.78, 5) is 19.0. The average molecular weight is 328 g/mol. The van der Waals surface area contributed by atoms with Crippen LogP contribution in [0.3, 0.4) is 0 Å². The third kappa shape index (κ3) is 4.43. The number of pyridine rings is 1. The zero-order valence-electron chi connectivity index (χ0n) is 15.6. The second-order valence-electron chi connectivity index (χ2n) is 7.04. The Kier molecular flexibility index (Phi) is 5.75. The molecule has 0 radical (unpaired) electrons. The number of hydrogen-bond donors (Lipinski definition) is 0. The third-order valence-electron chi connectivity index (χ3n) is 4.23. The van der Waals surface area contributed by atoms with Crippen LogP contribution in [-0.2, 0) is 19.9 Å². The number of aryl methyl sites for hydroxylation is 2. The lowest BCUT2D eigenvalue weighted by atomic mass is 10.1. The van der Waals surface area contributed by atoms with Crippen molar-refractivity contribution in [2.75, 3.05) is 7.05 Å². The molecule has 0 aliphatic carbocycles. The first-order chi connectivity index (χ1) is 11.3. The molecule has 1 amide bonds. The second-order valence-corrected chi connectivity index (χ2v) is 7.04. The maximum absolute atomic E-state index is 12.8. The Morgan fingerprint density at radius 1 is 1.21 bits per heavy atom. The summed E-state index contributed by atoms with van der Waals surface area (Å²) in [5, 5.41) is 4.47. The van der Waals surface area contributed by atoms with Crippen LogP contribution in [0.2, 0.25) is 0 Å². The van der Waals surface area contributed by atoms with Gasteiger partial charge in [-0.05, 0) is 49.9 Å². The van der Waals surface area contributed by atoms with Crippen LogP contribution < -0.4 is 0 Å². The van der Waals surface area contributed by atoms with Crippen LogP contribution in [0.15, 0.2) is 24.4 Å². The van der Waals surface area contributed by atoms with Crippen LogP contribution in [0, 0.1) is 12.8 Å². The van der Waals surface area contributed by atoms with Crippen molar-refractivity contribution in [3.63, 3.8) is 0 Å². The fraction of sp³-hybridized carbons (Fsp3) is 0.526. The summed E-state index contributed by atoms with van der Waals surface area (Å²) >= 11 is 0. The van der Waals surface area contributed by atoms with Crippen molar-refractivity contribution >= 4 is 5.91 Å². The van der Waals surface area contributed by atoms with Crippen LogP contribution in [0.4, 0.5) is 0 Å². The Bertz CT molecular complexity index is 705. The number of likely N-dealkylation sites (N-methyl/N-ethyl adjacent to an activating group) is 1. The molecule has 0 saturated heterocycles. The highest BCUT2D eigenvalue weighted by Gasteiger charge is 2.22. The van der Waals surface area contributed by atoms with Gasteiger partial charge in [-0.3, -0.25) is 14.5 Å². The summed E-state index contributed by atoms with van der Waals surface area (Å²) in [7, 11) is 3.68. The standard InChI is InChI=1S/C19H28N4O/c1-13(2)9-17-12-18(23(6)21-17)19(24)22(5)15(4)11-16-10-14(3)7-8-20-16/h7-8,10,12-13,15H,9,11H2,1-6H3/t15-/m0/s1. The van der Waals surface area contributed by atoms with Gasteiger partial charge in [0.25, 0.3) is 5.91 Å². The van der Waals surface area contributed by atoms with Crippen LogP contribution in [0.25, 0.3) is 0 Å². The predicted octanol–water partition coefficient (Wildman–Crippen LogP) is 3.03. The van der Waals surface area contributed by atoms with Crippen molar-refractivity contribution in [1.82, 2.24) is 19.7 Å². The molecule has 2 heterocycles. The fourth-order valence-electron chi connectivity index (χ4n) is 2.78. The lowest BCUT2D eigenvalue weighted by molar-refractivity contribution is 0.0732. The molecule has 2 aromatic rings. The molecular formula is C19H28N4O. The van der Waals surface area contributed by atoms with E-state index in [0.717, 1.165) is 24.2 Å². The van der Waals surface area contributed by atoms with Gasteiger partial charge in [-0.2, -0.15) is 5.10 Å². The van der Waals surface area contributed by atoms with Crippen molar-refractivity contribution in [3.8, 4) is 0 Å². The predicted molar refractivity (Wildman–Crippen MR) is 96.0 cm³/mol. The van der Waals surface area contributed by atoms with Crippen LogP contribution in [0.1, 0.15) is 48.2 Å². The molecule has 2 aromatic heterocycles. The van der Waals surface area contributed by atoms with Gasteiger partial charge in [0.15, 0.2) is 0 Å². The maximum Gasteiger partial charge on any atom is 0.272 e. The molecule has 1 atom stereocenters. The molecule has 0 unspecified atom stereocenters. The normalized spacial score (nSPS) is 12.5. The molecule has 5 heteroatoms. The molecule has 130 valence electrons. The van der Waals surface area contributed by atoms with E-state index in [4.69, 9.17) is 0 Å². The number of rotatable bonds is 6. The van der Waals surface area contributed by atoms with Crippen molar-refractivity contribution < 1.29 is 4.79 Å². The van der Waals surface area contributed by atoms with Crippen molar-refractivity contribution in [3.05, 3.63) is 47.0 Å². The molecule has 0 aliphatic rings. The average Bonchev–Trinajstić information content (AvgIpc) is 2.85. The number of carbonyl (C=O) groups is 1. The first kappa shape index (κ1) is 18.2. The Morgan fingerprint density at radius 2 is 1.92 bits per heavy atom. The van der Waals surface area contributed by atoms with Gasteiger partial charge in [0.2, 0.25) is 0 Å². The molecule has 2 rings (SSSR count). The van der Waals surface area contributed by atoms with E-state index in [-0.39, 0.29) is 11.9 Å². The summed E-state index contributed by atoms with van der Waals surface area (Å²) in [6, 6.07) is 6.03. The number of amides is 1. The van der Waals surface area contributed by atoms with E-state index in [2.05, 4.69) is 36.9 Å². The Morgan fingerprint density at radius 3 is 2.54 bits per heavy atom. The Hall–Kier alpha value is -2.17. The van der Waals surface area contributed by atoms with Gasteiger partial charge in [-0.25, -0.2) is 0 Å². The molecule has 0 spiro atoms. The summed E-state index contributed by atoms with van der Waals surface area (Å²) in [5.74, 6) is 0.520. The molecule has 0 aliphatic heterocycles. The summed E-state index contributed by atoms with van der Waals surface area (Å²) in [5.41, 5.74) is 3.80. The monoisotopic (exact) mass is 328 g/mol.